The highest BCUT2D eigenvalue weighted by molar-refractivity contribution is 9.10. The van der Waals surface area contributed by atoms with E-state index in [1.165, 1.54) is 0 Å². The quantitative estimate of drug-likeness (QED) is 0.469. The van der Waals surface area contributed by atoms with Crippen LogP contribution in [0.4, 0.5) is 5.69 Å². The van der Waals surface area contributed by atoms with Gasteiger partial charge in [-0.2, -0.15) is 8.42 Å². The molecule has 1 N–H and O–H groups in total. The molecule has 0 spiro atoms. The SMILES string of the molecule is Cc1ccc(S(=O)(=O)N=C(Nc2ccc(Br)cc2)c2ccccc2)cc1. The summed E-state index contributed by atoms with van der Waals surface area (Å²) in [5, 5.41) is 3.11. The van der Waals surface area contributed by atoms with Crippen molar-refractivity contribution in [2.45, 2.75) is 11.8 Å². The van der Waals surface area contributed by atoms with Gasteiger partial charge in [-0.15, -0.1) is 4.40 Å². The number of aryl methyl sites for hydroxylation is 1. The van der Waals surface area contributed by atoms with Gasteiger partial charge in [0.1, 0.15) is 0 Å². The zero-order chi connectivity index (χ0) is 18.6. The van der Waals surface area contributed by atoms with Crippen LogP contribution in [0, 0.1) is 6.92 Å². The molecule has 0 atom stereocenters. The van der Waals surface area contributed by atoms with Gasteiger partial charge in [0.25, 0.3) is 10.0 Å². The molecule has 0 radical (unpaired) electrons. The minimum absolute atomic E-state index is 0.161. The standard InChI is InChI=1S/C20H17BrN2O2S/c1-15-7-13-19(14-8-15)26(24,25)23-20(16-5-3-2-4-6-16)22-18-11-9-17(21)10-12-18/h2-14H,1H3,(H,22,23). The van der Waals surface area contributed by atoms with Crippen molar-refractivity contribution < 1.29 is 8.42 Å². The zero-order valence-corrected chi connectivity index (χ0v) is 16.5. The van der Waals surface area contributed by atoms with Gasteiger partial charge < -0.3 is 5.32 Å². The second-order valence-electron chi connectivity index (χ2n) is 5.73. The Kier molecular flexibility index (Phi) is 5.54. The van der Waals surface area contributed by atoms with E-state index >= 15 is 0 Å². The Morgan fingerprint density at radius 3 is 2.12 bits per heavy atom. The molecule has 132 valence electrons. The van der Waals surface area contributed by atoms with E-state index < -0.39 is 10.0 Å². The highest BCUT2D eigenvalue weighted by Gasteiger charge is 2.15. The molecule has 3 rings (SSSR count). The van der Waals surface area contributed by atoms with Crippen molar-refractivity contribution in [3.05, 3.63) is 94.5 Å². The monoisotopic (exact) mass is 428 g/mol. The van der Waals surface area contributed by atoms with E-state index in [9.17, 15) is 8.42 Å². The van der Waals surface area contributed by atoms with Gasteiger partial charge in [0, 0.05) is 15.7 Å². The molecular formula is C20H17BrN2O2S. The lowest BCUT2D eigenvalue weighted by atomic mass is 10.2. The number of sulfonamides is 1. The van der Waals surface area contributed by atoms with E-state index in [1.807, 2.05) is 61.5 Å². The molecule has 0 aliphatic rings. The molecule has 6 heteroatoms. The molecule has 0 saturated heterocycles. The first-order chi connectivity index (χ1) is 12.4. The van der Waals surface area contributed by atoms with Gasteiger partial charge in [0.15, 0.2) is 5.84 Å². The normalized spacial score (nSPS) is 12.0. The summed E-state index contributed by atoms with van der Waals surface area (Å²) in [6, 6.07) is 23.3. The maximum Gasteiger partial charge on any atom is 0.284 e. The second kappa shape index (κ2) is 7.85. The third-order valence-electron chi connectivity index (χ3n) is 3.68. The molecule has 0 aliphatic carbocycles. The Morgan fingerprint density at radius 2 is 1.50 bits per heavy atom. The minimum Gasteiger partial charge on any atom is -0.339 e. The van der Waals surface area contributed by atoms with Crippen LogP contribution in [0.25, 0.3) is 0 Å². The van der Waals surface area contributed by atoms with E-state index in [0.29, 0.717) is 5.56 Å². The van der Waals surface area contributed by atoms with Crippen LogP contribution in [0.3, 0.4) is 0 Å². The Bertz CT molecular complexity index is 1010. The number of amidine groups is 1. The molecule has 0 aromatic heterocycles. The predicted molar refractivity (Wildman–Crippen MR) is 109 cm³/mol. The van der Waals surface area contributed by atoms with Crippen molar-refractivity contribution in [1.82, 2.24) is 0 Å². The van der Waals surface area contributed by atoms with Crippen LogP contribution < -0.4 is 5.32 Å². The average molecular weight is 429 g/mol. The maximum atomic E-state index is 12.7. The topological polar surface area (TPSA) is 58.5 Å². The number of rotatable bonds is 4. The fraction of sp³-hybridized carbons (Fsp3) is 0.0500. The van der Waals surface area contributed by atoms with Crippen LogP contribution in [0.5, 0.6) is 0 Å². The van der Waals surface area contributed by atoms with Crippen molar-refractivity contribution in [2.75, 3.05) is 5.32 Å². The third kappa shape index (κ3) is 4.59. The average Bonchev–Trinajstić information content (AvgIpc) is 2.64. The highest BCUT2D eigenvalue weighted by atomic mass is 79.9. The van der Waals surface area contributed by atoms with Crippen LogP contribution in [0.1, 0.15) is 11.1 Å². The zero-order valence-electron chi connectivity index (χ0n) is 14.1. The van der Waals surface area contributed by atoms with Crippen LogP contribution in [-0.2, 0) is 10.0 Å². The fourth-order valence-electron chi connectivity index (χ4n) is 2.30. The summed E-state index contributed by atoms with van der Waals surface area (Å²) < 4.78 is 30.5. The van der Waals surface area contributed by atoms with E-state index in [4.69, 9.17) is 0 Å². The molecule has 3 aromatic rings. The van der Waals surface area contributed by atoms with Crippen molar-refractivity contribution in [2.24, 2.45) is 4.40 Å². The molecule has 0 heterocycles. The lowest BCUT2D eigenvalue weighted by Crippen LogP contribution is -2.16. The van der Waals surface area contributed by atoms with E-state index in [0.717, 1.165) is 15.7 Å². The summed E-state index contributed by atoms with van der Waals surface area (Å²) in [4.78, 5) is 0.161. The van der Waals surface area contributed by atoms with Crippen molar-refractivity contribution in [3.8, 4) is 0 Å². The van der Waals surface area contributed by atoms with Gasteiger partial charge in [0.2, 0.25) is 0 Å². The molecule has 0 amide bonds. The Hall–Kier alpha value is -2.44. The summed E-state index contributed by atoms with van der Waals surface area (Å²) in [6.07, 6.45) is 0. The van der Waals surface area contributed by atoms with Crippen molar-refractivity contribution >= 4 is 37.5 Å². The molecule has 0 aliphatic heterocycles. The molecule has 0 bridgehead atoms. The lowest BCUT2D eigenvalue weighted by Gasteiger charge is -2.11. The Labute approximate surface area is 161 Å². The van der Waals surface area contributed by atoms with E-state index in [2.05, 4.69) is 25.6 Å². The summed E-state index contributed by atoms with van der Waals surface area (Å²) in [5.74, 6) is 0.272. The van der Waals surface area contributed by atoms with Crippen LogP contribution in [0.2, 0.25) is 0 Å². The minimum atomic E-state index is -3.84. The van der Waals surface area contributed by atoms with Crippen LogP contribution in [0.15, 0.2) is 92.6 Å². The Balaban J connectivity index is 2.03. The van der Waals surface area contributed by atoms with E-state index in [1.54, 1.807) is 24.3 Å². The molecule has 0 unspecified atom stereocenters. The number of hydrogen-bond donors (Lipinski definition) is 1. The van der Waals surface area contributed by atoms with Crippen molar-refractivity contribution in [1.29, 1.82) is 0 Å². The third-order valence-corrected chi connectivity index (χ3v) is 5.50. The van der Waals surface area contributed by atoms with Gasteiger partial charge in [-0.25, -0.2) is 0 Å². The molecule has 3 aromatic carbocycles. The van der Waals surface area contributed by atoms with Crippen LogP contribution >= 0.6 is 15.9 Å². The predicted octanol–water partition coefficient (Wildman–Crippen LogP) is 5.01. The number of anilines is 1. The second-order valence-corrected chi connectivity index (χ2v) is 8.25. The molecular weight excluding hydrogens is 412 g/mol. The molecule has 26 heavy (non-hydrogen) atoms. The highest BCUT2D eigenvalue weighted by Crippen LogP contribution is 2.18. The van der Waals surface area contributed by atoms with Crippen molar-refractivity contribution in [3.63, 3.8) is 0 Å². The molecule has 0 fully saturated rings. The summed E-state index contributed by atoms with van der Waals surface area (Å²) in [5.41, 5.74) is 2.42. The smallest absolute Gasteiger partial charge is 0.284 e. The summed E-state index contributed by atoms with van der Waals surface area (Å²) in [6.45, 7) is 1.91. The van der Waals surface area contributed by atoms with Gasteiger partial charge in [0.05, 0.1) is 4.90 Å². The number of halogens is 1. The summed E-state index contributed by atoms with van der Waals surface area (Å²) in [7, 11) is -3.84. The first kappa shape index (κ1) is 18.4. The Morgan fingerprint density at radius 1 is 0.885 bits per heavy atom. The lowest BCUT2D eigenvalue weighted by molar-refractivity contribution is 0.598. The number of benzene rings is 3. The fourth-order valence-corrected chi connectivity index (χ4v) is 3.54. The largest absolute Gasteiger partial charge is 0.339 e. The van der Waals surface area contributed by atoms with Gasteiger partial charge in [-0.05, 0) is 43.3 Å². The summed E-state index contributed by atoms with van der Waals surface area (Å²) >= 11 is 3.39. The van der Waals surface area contributed by atoms with Crippen LogP contribution in [-0.4, -0.2) is 14.3 Å². The molecule has 4 nitrogen and oxygen atoms in total. The number of nitrogens with zero attached hydrogens (tertiary/aromatic N) is 1. The maximum absolute atomic E-state index is 12.7. The first-order valence-corrected chi connectivity index (χ1v) is 10.2. The molecule has 0 saturated carbocycles. The van der Waals surface area contributed by atoms with Gasteiger partial charge in [-0.1, -0.05) is 64.0 Å². The van der Waals surface area contributed by atoms with E-state index in [-0.39, 0.29) is 10.7 Å². The first-order valence-electron chi connectivity index (χ1n) is 7.94. The number of nitrogens with one attached hydrogen (secondary N) is 1. The van der Waals surface area contributed by atoms with Gasteiger partial charge >= 0.3 is 0 Å². The van der Waals surface area contributed by atoms with Gasteiger partial charge in [-0.3, -0.25) is 0 Å². The number of hydrogen-bond acceptors (Lipinski definition) is 2.